The van der Waals surface area contributed by atoms with E-state index >= 15 is 0 Å². The summed E-state index contributed by atoms with van der Waals surface area (Å²) in [6.07, 6.45) is 6.86. The Bertz CT molecular complexity index is 588. The van der Waals surface area contributed by atoms with E-state index in [0.29, 0.717) is 6.54 Å². The Labute approximate surface area is 124 Å². The van der Waals surface area contributed by atoms with E-state index in [1.54, 1.807) is 6.20 Å². The highest BCUT2D eigenvalue weighted by Gasteiger charge is 2.20. The van der Waals surface area contributed by atoms with Crippen LogP contribution in [0.5, 0.6) is 0 Å². The minimum Gasteiger partial charge on any atom is -0.351 e. The van der Waals surface area contributed by atoms with Crippen LogP contribution >= 0.6 is 0 Å². The van der Waals surface area contributed by atoms with Gasteiger partial charge >= 0.3 is 0 Å². The van der Waals surface area contributed by atoms with Gasteiger partial charge < -0.3 is 10.6 Å². The van der Waals surface area contributed by atoms with Gasteiger partial charge in [-0.1, -0.05) is 24.6 Å². The molecule has 1 unspecified atom stereocenters. The SMILES string of the molecule is O=C(NCc1ccccc1-n1cccn1)C1CCCCN1. The number of rotatable bonds is 4. The molecule has 0 saturated carbocycles. The monoisotopic (exact) mass is 284 g/mol. The number of carbonyl (C=O) groups excluding carboxylic acids is 1. The first-order valence-corrected chi connectivity index (χ1v) is 7.43. The quantitative estimate of drug-likeness (QED) is 0.897. The zero-order valence-electron chi connectivity index (χ0n) is 12.0. The Kier molecular flexibility index (Phi) is 4.31. The Morgan fingerprint density at radius 1 is 1.33 bits per heavy atom. The minimum atomic E-state index is -0.0457. The van der Waals surface area contributed by atoms with Crippen LogP contribution in [-0.4, -0.2) is 28.3 Å². The maximum atomic E-state index is 12.2. The molecule has 110 valence electrons. The summed E-state index contributed by atoms with van der Waals surface area (Å²) in [6.45, 7) is 1.45. The van der Waals surface area contributed by atoms with Gasteiger partial charge in [-0.05, 0) is 37.1 Å². The van der Waals surface area contributed by atoms with Gasteiger partial charge in [-0.25, -0.2) is 4.68 Å². The van der Waals surface area contributed by atoms with Crippen LogP contribution < -0.4 is 10.6 Å². The Hall–Kier alpha value is -2.14. The predicted molar refractivity (Wildman–Crippen MR) is 81.1 cm³/mol. The second-order valence-corrected chi connectivity index (χ2v) is 5.30. The highest BCUT2D eigenvalue weighted by Crippen LogP contribution is 2.13. The number of para-hydroxylation sites is 1. The topological polar surface area (TPSA) is 59.0 Å². The van der Waals surface area contributed by atoms with Crippen molar-refractivity contribution in [1.29, 1.82) is 0 Å². The van der Waals surface area contributed by atoms with E-state index in [2.05, 4.69) is 15.7 Å². The van der Waals surface area contributed by atoms with E-state index < -0.39 is 0 Å². The van der Waals surface area contributed by atoms with Gasteiger partial charge in [-0.3, -0.25) is 4.79 Å². The largest absolute Gasteiger partial charge is 0.351 e. The van der Waals surface area contributed by atoms with Crippen molar-refractivity contribution in [1.82, 2.24) is 20.4 Å². The summed E-state index contributed by atoms with van der Waals surface area (Å²) in [5, 5.41) is 10.6. The molecule has 1 fully saturated rings. The second-order valence-electron chi connectivity index (χ2n) is 5.30. The second kappa shape index (κ2) is 6.54. The molecule has 1 amide bonds. The maximum absolute atomic E-state index is 12.2. The van der Waals surface area contributed by atoms with Crippen molar-refractivity contribution >= 4 is 5.91 Å². The van der Waals surface area contributed by atoms with E-state index in [9.17, 15) is 4.79 Å². The number of hydrogen-bond acceptors (Lipinski definition) is 3. The predicted octanol–water partition coefficient (Wildman–Crippen LogP) is 1.63. The molecule has 21 heavy (non-hydrogen) atoms. The van der Waals surface area contributed by atoms with Crippen LogP contribution in [0.15, 0.2) is 42.7 Å². The summed E-state index contributed by atoms with van der Waals surface area (Å²) in [5.41, 5.74) is 2.06. The van der Waals surface area contributed by atoms with E-state index in [4.69, 9.17) is 0 Å². The standard InChI is InChI=1S/C16H20N4O/c21-16(14-7-3-4-9-17-14)18-12-13-6-1-2-8-15(13)20-11-5-10-19-20/h1-2,5-6,8,10-11,14,17H,3-4,7,9,12H2,(H,18,21). The van der Waals surface area contributed by atoms with Gasteiger partial charge in [0.05, 0.1) is 11.7 Å². The van der Waals surface area contributed by atoms with Crippen LogP contribution in [0, 0.1) is 0 Å². The number of nitrogens with one attached hydrogen (secondary N) is 2. The zero-order chi connectivity index (χ0) is 14.5. The van der Waals surface area contributed by atoms with E-state index in [1.807, 2.05) is 41.2 Å². The molecule has 1 aromatic carbocycles. The lowest BCUT2D eigenvalue weighted by Gasteiger charge is -2.22. The van der Waals surface area contributed by atoms with Gasteiger partial charge in [0.2, 0.25) is 5.91 Å². The third-order valence-electron chi connectivity index (χ3n) is 3.82. The van der Waals surface area contributed by atoms with E-state index in [1.165, 1.54) is 0 Å². The Morgan fingerprint density at radius 2 is 2.24 bits per heavy atom. The normalized spacial score (nSPS) is 18.4. The van der Waals surface area contributed by atoms with Crippen LogP contribution in [0.3, 0.4) is 0 Å². The summed E-state index contributed by atoms with van der Waals surface area (Å²) < 4.78 is 1.82. The molecule has 1 aromatic heterocycles. The maximum Gasteiger partial charge on any atom is 0.237 e. The number of hydrogen-bond donors (Lipinski definition) is 2. The first-order chi connectivity index (χ1) is 10.3. The average Bonchev–Trinajstić information content (AvgIpc) is 3.08. The lowest BCUT2D eigenvalue weighted by molar-refractivity contribution is -0.123. The molecule has 0 spiro atoms. The smallest absolute Gasteiger partial charge is 0.237 e. The van der Waals surface area contributed by atoms with Crippen LogP contribution in [0.4, 0.5) is 0 Å². The molecule has 2 N–H and O–H groups in total. The zero-order valence-corrected chi connectivity index (χ0v) is 12.0. The molecule has 0 radical (unpaired) electrons. The summed E-state index contributed by atoms with van der Waals surface area (Å²) in [6, 6.07) is 9.83. The molecule has 2 heterocycles. The van der Waals surface area contributed by atoms with Crippen LogP contribution in [-0.2, 0) is 11.3 Å². The van der Waals surface area contributed by atoms with Crippen LogP contribution in [0.2, 0.25) is 0 Å². The van der Waals surface area contributed by atoms with Gasteiger partial charge in [0.15, 0.2) is 0 Å². The molecular weight excluding hydrogens is 264 g/mol. The molecule has 1 aliphatic rings. The fourth-order valence-electron chi connectivity index (χ4n) is 2.68. The first-order valence-electron chi connectivity index (χ1n) is 7.43. The van der Waals surface area contributed by atoms with Gasteiger partial charge in [0, 0.05) is 18.9 Å². The molecule has 1 aliphatic heterocycles. The van der Waals surface area contributed by atoms with Gasteiger partial charge in [0.1, 0.15) is 0 Å². The molecular formula is C16H20N4O. The van der Waals surface area contributed by atoms with Gasteiger partial charge in [0.25, 0.3) is 0 Å². The Morgan fingerprint density at radius 3 is 3.00 bits per heavy atom. The van der Waals surface area contributed by atoms with Crippen molar-refractivity contribution in [2.75, 3.05) is 6.54 Å². The molecule has 0 aliphatic carbocycles. The number of piperidine rings is 1. The van der Waals surface area contributed by atoms with Gasteiger partial charge in [-0.2, -0.15) is 5.10 Å². The van der Waals surface area contributed by atoms with E-state index in [0.717, 1.165) is 37.1 Å². The molecule has 1 saturated heterocycles. The van der Waals surface area contributed by atoms with Crippen molar-refractivity contribution < 1.29 is 4.79 Å². The number of aromatic nitrogens is 2. The molecule has 1 atom stereocenters. The number of benzene rings is 1. The van der Waals surface area contributed by atoms with Crippen molar-refractivity contribution in [2.24, 2.45) is 0 Å². The minimum absolute atomic E-state index is 0.0457. The van der Waals surface area contributed by atoms with Crippen LogP contribution in [0.25, 0.3) is 5.69 Å². The number of nitrogens with zero attached hydrogens (tertiary/aromatic N) is 2. The summed E-state index contributed by atoms with van der Waals surface area (Å²) in [5.74, 6) is 0.0879. The summed E-state index contributed by atoms with van der Waals surface area (Å²) in [4.78, 5) is 12.2. The Balaban J connectivity index is 1.66. The summed E-state index contributed by atoms with van der Waals surface area (Å²) in [7, 11) is 0. The lowest BCUT2D eigenvalue weighted by Crippen LogP contribution is -2.46. The molecule has 2 aromatic rings. The highest BCUT2D eigenvalue weighted by molar-refractivity contribution is 5.81. The van der Waals surface area contributed by atoms with E-state index in [-0.39, 0.29) is 11.9 Å². The number of amides is 1. The van der Waals surface area contributed by atoms with Crippen molar-refractivity contribution in [3.63, 3.8) is 0 Å². The number of carbonyl (C=O) groups is 1. The molecule has 3 rings (SSSR count). The highest BCUT2D eigenvalue weighted by atomic mass is 16.2. The molecule has 5 nitrogen and oxygen atoms in total. The molecule has 0 bridgehead atoms. The first kappa shape index (κ1) is 13.8. The lowest BCUT2D eigenvalue weighted by atomic mass is 10.0. The van der Waals surface area contributed by atoms with Gasteiger partial charge in [-0.15, -0.1) is 0 Å². The van der Waals surface area contributed by atoms with Crippen molar-refractivity contribution in [2.45, 2.75) is 31.8 Å². The van der Waals surface area contributed by atoms with Crippen molar-refractivity contribution in [3.05, 3.63) is 48.3 Å². The van der Waals surface area contributed by atoms with Crippen molar-refractivity contribution in [3.8, 4) is 5.69 Å². The van der Waals surface area contributed by atoms with Crippen LogP contribution in [0.1, 0.15) is 24.8 Å². The fraction of sp³-hybridized carbons (Fsp3) is 0.375. The molecule has 5 heteroatoms. The summed E-state index contributed by atoms with van der Waals surface area (Å²) >= 11 is 0. The average molecular weight is 284 g/mol. The fourth-order valence-corrected chi connectivity index (χ4v) is 2.68. The third kappa shape index (κ3) is 3.31. The third-order valence-corrected chi connectivity index (χ3v) is 3.82.